The third-order valence-electron chi connectivity index (χ3n) is 3.81. The number of carbonyl (C=O) groups excluding carboxylic acids is 1. The third kappa shape index (κ3) is 5.47. The first kappa shape index (κ1) is 18.8. The van der Waals surface area contributed by atoms with Crippen molar-refractivity contribution in [2.45, 2.75) is 26.3 Å². The lowest BCUT2D eigenvalue weighted by molar-refractivity contribution is -0.117. The molecule has 0 aliphatic carbocycles. The number of benzene rings is 2. The van der Waals surface area contributed by atoms with E-state index in [-0.39, 0.29) is 11.6 Å². The van der Waals surface area contributed by atoms with E-state index in [1.807, 2.05) is 61.5 Å². The predicted molar refractivity (Wildman–Crippen MR) is 104 cm³/mol. The van der Waals surface area contributed by atoms with Crippen molar-refractivity contribution in [3.63, 3.8) is 0 Å². The van der Waals surface area contributed by atoms with Gasteiger partial charge in [-0.05, 0) is 42.7 Å². The zero-order chi connectivity index (χ0) is 18.2. The van der Waals surface area contributed by atoms with Gasteiger partial charge in [-0.15, -0.1) is 0 Å². The maximum Gasteiger partial charge on any atom is 0.263 e. The molecule has 0 saturated carbocycles. The number of hydrogen-bond acceptors (Lipinski definition) is 3. The van der Waals surface area contributed by atoms with Gasteiger partial charge in [0.1, 0.15) is 11.6 Å². The van der Waals surface area contributed by atoms with E-state index in [1.165, 1.54) is 11.8 Å². The summed E-state index contributed by atoms with van der Waals surface area (Å²) in [6.07, 6.45) is 2.40. The zero-order valence-electron chi connectivity index (χ0n) is 14.2. The molecule has 0 spiro atoms. The second kappa shape index (κ2) is 9.05. The van der Waals surface area contributed by atoms with Gasteiger partial charge in [-0.3, -0.25) is 4.79 Å². The Labute approximate surface area is 156 Å². The third-order valence-corrected chi connectivity index (χ3v) is 4.30. The van der Waals surface area contributed by atoms with Crippen molar-refractivity contribution in [2.24, 2.45) is 0 Å². The fourth-order valence-electron chi connectivity index (χ4n) is 2.28. The monoisotopic (exact) mass is 397 g/mol. The highest BCUT2D eigenvalue weighted by atomic mass is 79.9. The van der Waals surface area contributed by atoms with Crippen LogP contribution in [0, 0.1) is 11.3 Å². The molecule has 0 fully saturated rings. The highest BCUT2D eigenvalue weighted by molar-refractivity contribution is 9.10. The van der Waals surface area contributed by atoms with Gasteiger partial charge in [0.2, 0.25) is 0 Å². The number of nitrogens with zero attached hydrogens (tertiary/aromatic N) is 1. The highest BCUT2D eigenvalue weighted by Gasteiger charge is 2.13. The molecule has 2 aromatic rings. The van der Waals surface area contributed by atoms with Crippen LogP contribution in [0.5, 0.6) is 0 Å². The first-order valence-electron chi connectivity index (χ1n) is 8.05. The van der Waals surface area contributed by atoms with Crippen molar-refractivity contribution in [3.05, 3.63) is 75.9 Å². The number of nitrogens with one attached hydrogen (secondary N) is 2. The maximum atomic E-state index is 12.3. The number of halogens is 1. The smallest absolute Gasteiger partial charge is 0.263 e. The standard InChI is InChI=1S/C20H20BrN3O/c1-3-15-7-9-16(10-8-15)14(2)24-20(25)17(12-22)13-23-19-6-4-5-18(21)11-19/h4-11,13-14,23H,3H2,1-2H3,(H,24,25)/b17-13-. The summed E-state index contributed by atoms with van der Waals surface area (Å²) in [5, 5.41) is 15.1. The molecule has 0 bridgehead atoms. The summed E-state index contributed by atoms with van der Waals surface area (Å²) in [6, 6.07) is 17.3. The Morgan fingerprint density at radius 3 is 2.60 bits per heavy atom. The van der Waals surface area contributed by atoms with Gasteiger partial charge in [-0.2, -0.15) is 5.26 Å². The first-order chi connectivity index (χ1) is 12.0. The summed E-state index contributed by atoms with van der Waals surface area (Å²) in [6.45, 7) is 4.00. The van der Waals surface area contributed by atoms with Crippen LogP contribution in [-0.2, 0) is 11.2 Å². The average Bonchev–Trinajstić information content (AvgIpc) is 2.62. The Morgan fingerprint density at radius 1 is 1.28 bits per heavy atom. The lowest BCUT2D eigenvalue weighted by Gasteiger charge is -2.14. The van der Waals surface area contributed by atoms with Gasteiger partial charge >= 0.3 is 0 Å². The minimum absolute atomic E-state index is 0.0250. The van der Waals surface area contributed by atoms with Crippen molar-refractivity contribution < 1.29 is 4.79 Å². The van der Waals surface area contributed by atoms with Crippen LogP contribution in [-0.4, -0.2) is 5.91 Å². The highest BCUT2D eigenvalue weighted by Crippen LogP contribution is 2.17. The van der Waals surface area contributed by atoms with E-state index in [0.717, 1.165) is 22.1 Å². The van der Waals surface area contributed by atoms with Crippen molar-refractivity contribution in [2.75, 3.05) is 5.32 Å². The van der Waals surface area contributed by atoms with Crippen molar-refractivity contribution in [1.82, 2.24) is 5.32 Å². The van der Waals surface area contributed by atoms with E-state index < -0.39 is 5.91 Å². The Bertz CT molecular complexity index is 806. The van der Waals surface area contributed by atoms with Gasteiger partial charge in [0.15, 0.2) is 0 Å². The van der Waals surface area contributed by atoms with E-state index in [9.17, 15) is 10.1 Å². The van der Waals surface area contributed by atoms with Gasteiger partial charge in [-0.1, -0.05) is 53.2 Å². The van der Waals surface area contributed by atoms with Crippen LogP contribution in [0.3, 0.4) is 0 Å². The molecule has 0 aliphatic rings. The van der Waals surface area contributed by atoms with E-state index in [4.69, 9.17) is 0 Å². The number of nitriles is 1. The van der Waals surface area contributed by atoms with Crippen LogP contribution in [0.1, 0.15) is 31.0 Å². The number of amides is 1. The minimum Gasteiger partial charge on any atom is -0.360 e. The normalized spacial score (nSPS) is 12.2. The first-order valence-corrected chi connectivity index (χ1v) is 8.85. The molecule has 1 amide bonds. The van der Waals surface area contributed by atoms with Crippen LogP contribution in [0.25, 0.3) is 0 Å². The number of rotatable bonds is 6. The second-order valence-corrected chi connectivity index (χ2v) is 6.53. The van der Waals surface area contributed by atoms with Crippen molar-refractivity contribution in [3.8, 4) is 6.07 Å². The zero-order valence-corrected chi connectivity index (χ0v) is 15.8. The number of carbonyl (C=O) groups is 1. The number of aryl methyl sites for hydroxylation is 1. The molecule has 5 heteroatoms. The van der Waals surface area contributed by atoms with E-state index >= 15 is 0 Å². The number of hydrogen-bond donors (Lipinski definition) is 2. The Balaban J connectivity index is 2.03. The Hall–Kier alpha value is -2.58. The quantitative estimate of drug-likeness (QED) is 0.547. The Kier molecular flexibility index (Phi) is 6.79. The van der Waals surface area contributed by atoms with Crippen LogP contribution >= 0.6 is 15.9 Å². The van der Waals surface area contributed by atoms with Crippen LogP contribution in [0.15, 0.2) is 64.8 Å². The van der Waals surface area contributed by atoms with E-state index in [1.54, 1.807) is 0 Å². The van der Waals surface area contributed by atoms with Gasteiger partial charge in [0, 0.05) is 16.4 Å². The topological polar surface area (TPSA) is 64.9 Å². The lowest BCUT2D eigenvalue weighted by atomic mass is 10.0. The largest absolute Gasteiger partial charge is 0.360 e. The van der Waals surface area contributed by atoms with Gasteiger partial charge in [0.05, 0.1) is 6.04 Å². The summed E-state index contributed by atoms with van der Waals surface area (Å²) in [7, 11) is 0. The molecule has 0 saturated heterocycles. The summed E-state index contributed by atoms with van der Waals surface area (Å²) in [5.74, 6) is -0.405. The van der Waals surface area contributed by atoms with Gasteiger partial charge in [-0.25, -0.2) is 0 Å². The summed E-state index contributed by atoms with van der Waals surface area (Å²) in [4.78, 5) is 12.3. The fourth-order valence-corrected chi connectivity index (χ4v) is 2.68. The molecule has 2 N–H and O–H groups in total. The molecule has 4 nitrogen and oxygen atoms in total. The molecular formula is C20H20BrN3O. The summed E-state index contributed by atoms with van der Waals surface area (Å²) < 4.78 is 0.915. The Morgan fingerprint density at radius 2 is 2.00 bits per heavy atom. The molecule has 2 rings (SSSR count). The fraction of sp³-hybridized carbons (Fsp3) is 0.200. The molecule has 0 aromatic heterocycles. The van der Waals surface area contributed by atoms with E-state index in [0.29, 0.717) is 0 Å². The summed E-state index contributed by atoms with van der Waals surface area (Å²) in [5.41, 5.74) is 3.07. The van der Waals surface area contributed by atoms with Gasteiger partial charge < -0.3 is 10.6 Å². The van der Waals surface area contributed by atoms with Gasteiger partial charge in [0.25, 0.3) is 5.91 Å². The molecule has 2 aromatic carbocycles. The summed E-state index contributed by atoms with van der Waals surface area (Å²) >= 11 is 3.38. The van der Waals surface area contributed by atoms with Crippen LogP contribution in [0.4, 0.5) is 5.69 Å². The number of anilines is 1. The lowest BCUT2D eigenvalue weighted by Crippen LogP contribution is -2.28. The molecule has 25 heavy (non-hydrogen) atoms. The molecular weight excluding hydrogens is 378 g/mol. The van der Waals surface area contributed by atoms with E-state index in [2.05, 4.69) is 33.5 Å². The molecule has 128 valence electrons. The van der Waals surface area contributed by atoms with Crippen molar-refractivity contribution in [1.29, 1.82) is 5.26 Å². The minimum atomic E-state index is -0.405. The maximum absolute atomic E-state index is 12.3. The van der Waals surface area contributed by atoms with Crippen molar-refractivity contribution >= 4 is 27.5 Å². The average molecular weight is 398 g/mol. The molecule has 0 aliphatic heterocycles. The second-order valence-electron chi connectivity index (χ2n) is 5.61. The predicted octanol–water partition coefficient (Wildman–Crippen LogP) is 4.71. The molecule has 0 heterocycles. The molecule has 1 unspecified atom stereocenters. The van der Waals surface area contributed by atoms with Crippen LogP contribution < -0.4 is 10.6 Å². The molecule has 0 radical (unpaired) electrons. The molecule has 1 atom stereocenters. The van der Waals surface area contributed by atoms with Crippen LogP contribution in [0.2, 0.25) is 0 Å². The SMILES string of the molecule is CCc1ccc(C(C)NC(=O)/C(C#N)=C\Nc2cccc(Br)c2)cc1.